The average molecular weight is 275 g/mol. The van der Waals surface area contributed by atoms with Crippen molar-refractivity contribution in [2.24, 2.45) is 0 Å². The zero-order valence-electron chi connectivity index (χ0n) is 10.3. The van der Waals surface area contributed by atoms with Gasteiger partial charge >= 0.3 is 5.97 Å². The molecule has 5 heteroatoms. The molecule has 0 aliphatic heterocycles. The molecule has 2 heterocycles. The normalized spacial score (nSPS) is 13.5. The fourth-order valence-electron chi connectivity index (χ4n) is 2.25. The Balaban J connectivity index is 1.88. The van der Waals surface area contributed by atoms with Crippen LogP contribution in [0.4, 0.5) is 0 Å². The monoisotopic (exact) mass is 275 g/mol. The number of rotatable bonds is 4. The first-order valence-electron chi connectivity index (χ1n) is 6.15. The molecule has 0 radical (unpaired) electrons. The Morgan fingerprint density at radius 3 is 3.11 bits per heavy atom. The number of nitrogens with zero attached hydrogens (tertiary/aromatic N) is 1. The molecule has 1 aliphatic rings. The highest BCUT2D eigenvalue weighted by Gasteiger charge is 2.20. The van der Waals surface area contributed by atoms with Gasteiger partial charge in [0.1, 0.15) is 10.8 Å². The van der Waals surface area contributed by atoms with Crippen LogP contribution in [-0.4, -0.2) is 16.1 Å². The number of thioether (sulfide) groups is 1. The number of aryl methyl sites for hydroxylation is 2. The summed E-state index contributed by atoms with van der Waals surface area (Å²) in [6.07, 6.45) is 4.56. The first-order chi connectivity index (χ1) is 9.24. The molecule has 1 aliphatic carbocycles. The van der Waals surface area contributed by atoms with Crippen molar-refractivity contribution in [1.29, 1.82) is 0 Å². The highest BCUT2D eigenvalue weighted by atomic mass is 32.2. The summed E-state index contributed by atoms with van der Waals surface area (Å²) in [5.41, 5.74) is 2.43. The lowest BCUT2D eigenvalue weighted by Crippen LogP contribution is -2.04. The van der Waals surface area contributed by atoms with Crippen LogP contribution in [0.1, 0.15) is 33.8 Å². The molecule has 98 valence electrons. The van der Waals surface area contributed by atoms with Crippen LogP contribution in [0.2, 0.25) is 0 Å². The van der Waals surface area contributed by atoms with Gasteiger partial charge in [0.25, 0.3) is 0 Å². The third kappa shape index (κ3) is 2.51. The summed E-state index contributed by atoms with van der Waals surface area (Å²) in [7, 11) is 0. The largest absolute Gasteiger partial charge is 0.478 e. The zero-order chi connectivity index (χ0) is 13.2. The minimum absolute atomic E-state index is 0.303. The van der Waals surface area contributed by atoms with E-state index in [-0.39, 0.29) is 0 Å². The number of aromatic nitrogens is 1. The lowest BCUT2D eigenvalue weighted by molar-refractivity contribution is 0.0692. The molecule has 3 rings (SSSR count). The van der Waals surface area contributed by atoms with E-state index in [1.807, 2.05) is 12.1 Å². The van der Waals surface area contributed by atoms with Crippen molar-refractivity contribution < 1.29 is 14.3 Å². The van der Waals surface area contributed by atoms with Crippen molar-refractivity contribution in [3.05, 3.63) is 47.0 Å². The molecule has 0 atom stereocenters. The molecule has 0 amide bonds. The summed E-state index contributed by atoms with van der Waals surface area (Å²) >= 11 is 1.41. The Bertz CT molecular complexity index is 607. The fraction of sp³-hybridized carbons (Fsp3) is 0.286. The van der Waals surface area contributed by atoms with Crippen molar-refractivity contribution >= 4 is 17.7 Å². The van der Waals surface area contributed by atoms with Crippen LogP contribution in [0.3, 0.4) is 0 Å². The number of carboxylic acid groups (broad SMARTS) is 1. The second-order valence-electron chi connectivity index (χ2n) is 4.47. The van der Waals surface area contributed by atoms with Crippen molar-refractivity contribution in [1.82, 2.24) is 4.98 Å². The van der Waals surface area contributed by atoms with Crippen LogP contribution in [0.25, 0.3) is 0 Å². The number of carboxylic acids is 1. The maximum atomic E-state index is 11.3. The first-order valence-corrected chi connectivity index (χ1v) is 7.14. The Labute approximate surface area is 114 Å². The molecule has 19 heavy (non-hydrogen) atoms. The Hall–Kier alpha value is -1.75. The third-order valence-electron chi connectivity index (χ3n) is 3.18. The molecule has 0 saturated carbocycles. The van der Waals surface area contributed by atoms with E-state index in [4.69, 9.17) is 4.42 Å². The predicted molar refractivity (Wildman–Crippen MR) is 71.5 cm³/mol. The standard InChI is InChI=1S/C14H13NO3S/c16-14(17)11-7-9-3-1-5-12(9)15-13(11)19-8-10-4-2-6-18-10/h2,4,6-7H,1,3,5,8H2,(H,16,17). The van der Waals surface area contributed by atoms with E-state index in [9.17, 15) is 9.90 Å². The molecule has 4 nitrogen and oxygen atoms in total. The summed E-state index contributed by atoms with van der Waals surface area (Å²) in [6, 6.07) is 5.48. The number of carbonyl (C=O) groups is 1. The Kier molecular flexibility index (Phi) is 3.29. The Morgan fingerprint density at radius 2 is 2.37 bits per heavy atom. The van der Waals surface area contributed by atoms with Crippen molar-refractivity contribution in [2.45, 2.75) is 30.0 Å². The van der Waals surface area contributed by atoms with Gasteiger partial charge in [0.05, 0.1) is 17.6 Å². The molecular weight excluding hydrogens is 262 g/mol. The van der Waals surface area contributed by atoms with E-state index in [1.54, 1.807) is 12.3 Å². The second-order valence-corrected chi connectivity index (χ2v) is 5.44. The molecule has 0 unspecified atom stereocenters. The van der Waals surface area contributed by atoms with Crippen LogP contribution >= 0.6 is 11.8 Å². The zero-order valence-corrected chi connectivity index (χ0v) is 11.1. The number of fused-ring (bicyclic) bond motifs is 1. The van der Waals surface area contributed by atoms with Crippen LogP contribution in [0.15, 0.2) is 33.9 Å². The van der Waals surface area contributed by atoms with Crippen LogP contribution in [0, 0.1) is 0 Å². The minimum atomic E-state index is -0.913. The van der Waals surface area contributed by atoms with Gasteiger partial charge in [0.15, 0.2) is 0 Å². The number of hydrogen-bond acceptors (Lipinski definition) is 4. The lowest BCUT2D eigenvalue weighted by Gasteiger charge is -2.07. The van der Waals surface area contributed by atoms with Gasteiger partial charge in [-0.3, -0.25) is 0 Å². The van der Waals surface area contributed by atoms with Gasteiger partial charge in [-0.15, -0.1) is 0 Å². The van der Waals surface area contributed by atoms with Crippen molar-refractivity contribution in [3.8, 4) is 0 Å². The molecule has 1 N–H and O–H groups in total. The summed E-state index contributed by atoms with van der Waals surface area (Å²) in [6.45, 7) is 0. The summed E-state index contributed by atoms with van der Waals surface area (Å²) < 4.78 is 5.25. The van der Waals surface area contributed by atoms with Crippen LogP contribution in [-0.2, 0) is 18.6 Å². The molecular formula is C14H13NO3S. The first kappa shape index (κ1) is 12.3. The molecule has 0 saturated heterocycles. The van der Waals surface area contributed by atoms with E-state index in [1.165, 1.54) is 11.8 Å². The summed E-state index contributed by atoms with van der Waals surface area (Å²) in [4.78, 5) is 15.8. The maximum Gasteiger partial charge on any atom is 0.338 e. The van der Waals surface area contributed by atoms with E-state index < -0.39 is 5.97 Å². The van der Waals surface area contributed by atoms with Gasteiger partial charge in [0, 0.05) is 5.69 Å². The number of pyridine rings is 1. The molecule has 0 bridgehead atoms. The van der Waals surface area contributed by atoms with Crippen molar-refractivity contribution in [3.63, 3.8) is 0 Å². The van der Waals surface area contributed by atoms with Gasteiger partial charge in [0.2, 0.25) is 0 Å². The highest BCUT2D eigenvalue weighted by molar-refractivity contribution is 7.98. The minimum Gasteiger partial charge on any atom is -0.478 e. The van der Waals surface area contributed by atoms with E-state index in [2.05, 4.69) is 4.98 Å². The third-order valence-corrected chi connectivity index (χ3v) is 4.19. The van der Waals surface area contributed by atoms with Gasteiger partial charge in [-0.05, 0) is 43.0 Å². The topological polar surface area (TPSA) is 63.3 Å². The van der Waals surface area contributed by atoms with E-state index in [0.717, 1.165) is 36.3 Å². The Morgan fingerprint density at radius 1 is 1.47 bits per heavy atom. The predicted octanol–water partition coefficient (Wildman–Crippen LogP) is 3.15. The number of aromatic carboxylic acids is 1. The quantitative estimate of drug-likeness (QED) is 0.868. The number of hydrogen-bond donors (Lipinski definition) is 1. The summed E-state index contributed by atoms with van der Waals surface area (Å²) in [5, 5.41) is 9.86. The summed E-state index contributed by atoms with van der Waals surface area (Å²) in [5.74, 6) is 0.506. The molecule has 0 aromatic carbocycles. The molecule has 0 fully saturated rings. The molecule has 0 spiro atoms. The van der Waals surface area contributed by atoms with Crippen LogP contribution in [0.5, 0.6) is 0 Å². The van der Waals surface area contributed by atoms with Gasteiger partial charge in [-0.1, -0.05) is 11.8 Å². The van der Waals surface area contributed by atoms with Crippen molar-refractivity contribution in [2.75, 3.05) is 0 Å². The smallest absolute Gasteiger partial charge is 0.338 e. The molecule has 2 aromatic heterocycles. The second kappa shape index (κ2) is 5.09. The average Bonchev–Trinajstić information content (AvgIpc) is 3.05. The number of furan rings is 1. The fourth-order valence-corrected chi connectivity index (χ4v) is 3.17. The molecule has 2 aromatic rings. The highest BCUT2D eigenvalue weighted by Crippen LogP contribution is 2.30. The van der Waals surface area contributed by atoms with Gasteiger partial charge < -0.3 is 9.52 Å². The van der Waals surface area contributed by atoms with Crippen LogP contribution < -0.4 is 0 Å². The SMILES string of the molecule is O=C(O)c1cc2c(nc1SCc1ccco1)CCC2. The van der Waals surface area contributed by atoms with Gasteiger partial charge in [-0.25, -0.2) is 9.78 Å². The van der Waals surface area contributed by atoms with E-state index in [0.29, 0.717) is 16.3 Å². The lowest BCUT2D eigenvalue weighted by atomic mass is 10.1. The van der Waals surface area contributed by atoms with Gasteiger partial charge in [-0.2, -0.15) is 0 Å². The van der Waals surface area contributed by atoms with E-state index >= 15 is 0 Å². The maximum absolute atomic E-state index is 11.3.